The molecule has 1 aromatic heterocycles. The van der Waals surface area contributed by atoms with Crippen LogP contribution in [-0.4, -0.2) is 48.3 Å². The molecular weight excluding hydrogens is 426 g/mol. The standard InChI is InChI=1S/C27H31N5O2/c1-32(2)25-22-10-6-7-11-23(22)30-27(31-25)29-21-15-12-20(13-16-21)18-28-26(34)24(33)17-14-19-8-4-3-5-9-19/h3-11,14,17,20-21H,12-13,15-16,18H2,1-2H3,(H,28,34)(H,29,30,31)/b17-14+/t20-,21+. The molecule has 0 bridgehead atoms. The van der Waals surface area contributed by atoms with Crippen molar-refractivity contribution in [2.75, 3.05) is 30.9 Å². The van der Waals surface area contributed by atoms with E-state index in [1.807, 2.05) is 73.6 Å². The van der Waals surface area contributed by atoms with Crippen molar-refractivity contribution in [1.29, 1.82) is 0 Å². The topological polar surface area (TPSA) is 87.2 Å². The summed E-state index contributed by atoms with van der Waals surface area (Å²) in [5.41, 5.74) is 1.81. The maximum atomic E-state index is 12.2. The summed E-state index contributed by atoms with van der Waals surface area (Å²) < 4.78 is 0. The lowest BCUT2D eigenvalue weighted by atomic mass is 9.86. The average Bonchev–Trinajstić information content (AvgIpc) is 2.86. The number of carbonyl (C=O) groups is 2. The number of carbonyl (C=O) groups excluding carboxylic acids is 2. The van der Waals surface area contributed by atoms with Crippen molar-refractivity contribution >= 4 is 40.4 Å². The molecule has 1 aliphatic carbocycles. The Morgan fingerprint density at radius 3 is 2.41 bits per heavy atom. The van der Waals surface area contributed by atoms with E-state index in [0.717, 1.165) is 48.0 Å². The van der Waals surface area contributed by atoms with Gasteiger partial charge in [-0.2, -0.15) is 4.98 Å². The number of hydrogen-bond acceptors (Lipinski definition) is 6. The van der Waals surface area contributed by atoms with Crippen molar-refractivity contribution in [2.45, 2.75) is 31.7 Å². The number of nitrogens with one attached hydrogen (secondary N) is 2. The number of amides is 1. The fourth-order valence-corrected chi connectivity index (χ4v) is 4.29. The van der Waals surface area contributed by atoms with Crippen LogP contribution in [0.2, 0.25) is 0 Å². The molecule has 3 aromatic rings. The minimum absolute atomic E-state index is 0.290. The molecule has 0 unspecified atom stereocenters. The molecule has 0 atom stereocenters. The first-order valence-corrected chi connectivity index (χ1v) is 11.8. The number of fused-ring (bicyclic) bond motifs is 1. The zero-order valence-corrected chi connectivity index (χ0v) is 19.7. The van der Waals surface area contributed by atoms with Crippen molar-refractivity contribution < 1.29 is 9.59 Å². The van der Waals surface area contributed by atoms with E-state index in [2.05, 4.69) is 10.6 Å². The zero-order chi connectivity index (χ0) is 23.9. The number of nitrogens with zero attached hydrogens (tertiary/aromatic N) is 3. The van der Waals surface area contributed by atoms with Crippen LogP contribution in [-0.2, 0) is 9.59 Å². The molecule has 1 aliphatic rings. The summed E-state index contributed by atoms with van der Waals surface area (Å²) in [6.07, 6.45) is 6.87. The highest BCUT2D eigenvalue weighted by Gasteiger charge is 2.23. The molecule has 1 heterocycles. The van der Waals surface area contributed by atoms with Crippen molar-refractivity contribution in [2.24, 2.45) is 5.92 Å². The number of aromatic nitrogens is 2. The predicted octanol–water partition coefficient (Wildman–Crippen LogP) is 4.07. The highest BCUT2D eigenvalue weighted by molar-refractivity contribution is 6.41. The van der Waals surface area contributed by atoms with Crippen LogP contribution in [0.3, 0.4) is 0 Å². The Bertz CT molecular complexity index is 1170. The van der Waals surface area contributed by atoms with Crippen LogP contribution in [0, 0.1) is 5.92 Å². The third kappa shape index (κ3) is 5.98. The number of rotatable bonds is 8. The third-order valence-corrected chi connectivity index (χ3v) is 6.19. The van der Waals surface area contributed by atoms with Crippen LogP contribution in [0.1, 0.15) is 31.2 Å². The first-order valence-electron chi connectivity index (χ1n) is 11.8. The molecule has 2 N–H and O–H groups in total. The molecule has 2 aromatic carbocycles. The highest BCUT2D eigenvalue weighted by atomic mass is 16.2. The number of hydrogen-bond donors (Lipinski definition) is 2. The second-order valence-corrected chi connectivity index (χ2v) is 8.96. The summed E-state index contributed by atoms with van der Waals surface area (Å²) in [5, 5.41) is 7.34. The normalized spacial score (nSPS) is 18.1. The molecule has 7 heteroatoms. The molecular formula is C27H31N5O2. The van der Waals surface area contributed by atoms with E-state index in [4.69, 9.17) is 9.97 Å². The SMILES string of the molecule is CN(C)c1nc(N[C@H]2CC[C@@H](CNC(=O)C(=O)/C=C/c3ccccc3)CC2)nc2ccccc12. The van der Waals surface area contributed by atoms with Gasteiger partial charge in [-0.3, -0.25) is 9.59 Å². The lowest BCUT2D eigenvalue weighted by Crippen LogP contribution is -2.36. The van der Waals surface area contributed by atoms with E-state index in [9.17, 15) is 9.59 Å². The van der Waals surface area contributed by atoms with Crippen molar-refractivity contribution in [3.05, 3.63) is 66.2 Å². The van der Waals surface area contributed by atoms with E-state index < -0.39 is 11.7 Å². The van der Waals surface area contributed by atoms with Gasteiger partial charge in [0, 0.05) is 32.1 Å². The van der Waals surface area contributed by atoms with Crippen LogP contribution in [0.15, 0.2) is 60.7 Å². The molecule has 0 radical (unpaired) electrons. The summed E-state index contributed by atoms with van der Waals surface area (Å²) in [5.74, 6) is 0.839. The van der Waals surface area contributed by atoms with Crippen molar-refractivity contribution in [3.8, 4) is 0 Å². The van der Waals surface area contributed by atoms with Gasteiger partial charge in [-0.25, -0.2) is 4.98 Å². The van der Waals surface area contributed by atoms with Gasteiger partial charge in [-0.15, -0.1) is 0 Å². The van der Waals surface area contributed by atoms with Crippen LogP contribution < -0.4 is 15.5 Å². The summed E-state index contributed by atoms with van der Waals surface area (Å²) in [6.45, 7) is 0.522. The molecule has 1 fully saturated rings. The molecule has 1 amide bonds. The molecule has 34 heavy (non-hydrogen) atoms. The molecule has 4 rings (SSSR count). The van der Waals surface area contributed by atoms with Gasteiger partial charge in [-0.1, -0.05) is 48.5 Å². The Morgan fingerprint density at radius 1 is 0.971 bits per heavy atom. The summed E-state index contributed by atoms with van der Waals surface area (Å²) in [7, 11) is 3.97. The quantitative estimate of drug-likeness (QED) is 0.392. The van der Waals surface area contributed by atoms with E-state index in [-0.39, 0.29) is 0 Å². The smallest absolute Gasteiger partial charge is 0.291 e. The fourth-order valence-electron chi connectivity index (χ4n) is 4.29. The number of ketones is 1. The summed E-state index contributed by atoms with van der Waals surface area (Å²) in [6, 6.07) is 17.8. The van der Waals surface area contributed by atoms with E-state index in [1.54, 1.807) is 6.08 Å². The lowest BCUT2D eigenvalue weighted by molar-refractivity contribution is -0.135. The Morgan fingerprint density at radius 2 is 1.68 bits per heavy atom. The molecule has 176 valence electrons. The highest BCUT2D eigenvalue weighted by Crippen LogP contribution is 2.28. The van der Waals surface area contributed by atoms with E-state index >= 15 is 0 Å². The van der Waals surface area contributed by atoms with Gasteiger partial charge < -0.3 is 15.5 Å². The fraction of sp³-hybridized carbons (Fsp3) is 0.333. The molecule has 0 spiro atoms. The molecule has 0 aliphatic heterocycles. The van der Waals surface area contributed by atoms with Gasteiger partial charge in [0.1, 0.15) is 5.82 Å². The van der Waals surface area contributed by atoms with Crippen molar-refractivity contribution in [3.63, 3.8) is 0 Å². The Balaban J connectivity index is 1.26. The Hall–Kier alpha value is -3.74. The minimum Gasteiger partial charge on any atom is -0.362 e. The van der Waals surface area contributed by atoms with Gasteiger partial charge in [0.05, 0.1) is 5.52 Å². The van der Waals surface area contributed by atoms with Gasteiger partial charge in [-0.05, 0) is 55.4 Å². The zero-order valence-electron chi connectivity index (χ0n) is 19.7. The Labute approximate surface area is 200 Å². The first kappa shape index (κ1) is 23.4. The van der Waals surface area contributed by atoms with Gasteiger partial charge in [0.15, 0.2) is 0 Å². The van der Waals surface area contributed by atoms with E-state index in [1.165, 1.54) is 6.08 Å². The predicted molar refractivity (Wildman–Crippen MR) is 137 cm³/mol. The second-order valence-electron chi connectivity index (χ2n) is 8.96. The monoisotopic (exact) mass is 457 g/mol. The minimum atomic E-state index is -0.548. The van der Waals surface area contributed by atoms with Crippen LogP contribution in [0.4, 0.5) is 11.8 Å². The van der Waals surface area contributed by atoms with Gasteiger partial charge >= 0.3 is 0 Å². The Kier molecular flexibility index (Phi) is 7.52. The largest absolute Gasteiger partial charge is 0.362 e. The first-order chi connectivity index (χ1) is 16.5. The van der Waals surface area contributed by atoms with Crippen LogP contribution in [0.5, 0.6) is 0 Å². The molecule has 7 nitrogen and oxygen atoms in total. The number of para-hydroxylation sites is 1. The second kappa shape index (κ2) is 10.9. The van der Waals surface area contributed by atoms with Gasteiger partial charge in [0.2, 0.25) is 11.7 Å². The van der Waals surface area contributed by atoms with Crippen molar-refractivity contribution in [1.82, 2.24) is 15.3 Å². The maximum absolute atomic E-state index is 12.2. The van der Waals surface area contributed by atoms with Crippen LogP contribution >= 0.6 is 0 Å². The van der Waals surface area contributed by atoms with E-state index in [0.29, 0.717) is 24.5 Å². The summed E-state index contributed by atoms with van der Waals surface area (Å²) >= 11 is 0. The molecule has 1 saturated carbocycles. The third-order valence-electron chi connectivity index (χ3n) is 6.19. The van der Waals surface area contributed by atoms with Crippen LogP contribution in [0.25, 0.3) is 17.0 Å². The number of benzene rings is 2. The number of anilines is 2. The summed E-state index contributed by atoms with van der Waals surface area (Å²) in [4.78, 5) is 35.7. The van der Waals surface area contributed by atoms with Gasteiger partial charge in [0.25, 0.3) is 5.91 Å². The molecule has 0 saturated heterocycles. The average molecular weight is 458 g/mol. The lowest BCUT2D eigenvalue weighted by Gasteiger charge is -2.29. The maximum Gasteiger partial charge on any atom is 0.291 e.